The monoisotopic (exact) mass is 232 g/mol. The molecule has 0 aliphatic heterocycles. The second kappa shape index (κ2) is 5.66. The van der Waals surface area contributed by atoms with Gasteiger partial charge in [0, 0.05) is 0 Å². The fourth-order valence-corrected chi connectivity index (χ4v) is 1.86. The van der Waals surface area contributed by atoms with E-state index in [2.05, 4.69) is 18.2 Å². The molecule has 0 amide bonds. The molecule has 18 heavy (non-hydrogen) atoms. The first kappa shape index (κ1) is 11.9. The molecule has 0 saturated heterocycles. The Labute approximate surface area is 106 Å². The van der Waals surface area contributed by atoms with Crippen molar-refractivity contribution in [2.75, 3.05) is 0 Å². The Morgan fingerprint density at radius 2 is 1.72 bits per heavy atom. The highest BCUT2D eigenvalue weighted by Crippen LogP contribution is 2.20. The molecule has 0 heterocycles. The van der Waals surface area contributed by atoms with E-state index in [1.165, 1.54) is 10.8 Å². The van der Waals surface area contributed by atoms with Gasteiger partial charge >= 0.3 is 0 Å². The Balaban J connectivity index is 2.25. The molecule has 0 radical (unpaired) electrons. The Morgan fingerprint density at radius 1 is 1.00 bits per heavy atom. The average Bonchev–Trinajstić information content (AvgIpc) is 2.44. The van der Waals surface area contributed by atoms with E-state index in [4.69, 9.17) is 10.5 Å². The van der Waals surface area contributed by atoms with Crippen molar-refractivity contribution in [1.29, 1.82) is 10.5 Å². The third-order valence-corrected chi connectivity index (χ3v) is 2.80. The SMILES string of the molecule is N#CC(C#N)C/C=C/c1cccc2ccccc12. The second-order valence-electron chi connectivity index (χ2n) is 4.02. The van der Waals surface area contributed by atoms with Gasteiger partial charge in [-0.3, -0.25) is 0 Å². The van der Waals surface area contributed by atoms with Crippen LogP contribution in [0.1, 0.15) is 12.0 Å². The number of nitriles is 2. The smallest absolute Gasteiger partial charge is 0.136 e. The van der Waals surface area contributed by atoms with E-state index in [0.29, 0.717) is 6.42 Å². The van der Waals surface area contributed by atoms with Crippen LogP contribution >= 0.6 is 0 Å². The maximum absolute atomic E-state index is 8.69. The molecule has 0 aliphatic carbocycles. The molecule has 0 unspecified atom stereocenters. The van der Waals surface area contributed by atoms with E-state index < -0.39 is 5.92 Å². The maximum atomic E-state index is 8.69. The van der Waals surface area contributed by atoms with Gasteiger partial charge in [0.25, 0.3) is 0 Å². The maximum Gasteiger partial charge on any atom is 0.136 e. The third kappa shape index (κ3) is 2.56. The Morgan fingerprint density at radius 3 is 2.50 bits per heavy atom. The van der Waals surface area contributed by atoms with Gasteiger partial charge in [-0.2, -0.15) is 10.5 Å². The lowest BCUT2D eigenvalue weighted by Crippen LogP contribution is -1.88. The lowest BCUT2D eigenvalue weighted by molar-refractivity contribution is 0.866. The molecular weight excluding hydrogens is 220 g/mol. The summed E-state index contributed by atoms with van der Waals surface area (Å²) >= 11 is 0. The molecule has 2 aromatic rings. The minimum atomic E-state index is -0.559. The molecule has 2 nitrogen and oxygen atoms in total. The molecule has 0 N–H and O–H groups in total. The zero-order valence-electron chi connectivity index (χ0n) is 9.88. The van der Waals surface area contributed by atoms with E-state index in [9.17, 15) is 0 Å². The molecule has 2 heteroatoms. The quantitative estimate of drug-likeness (QED) is 0.805. The molecule has 0 atom stereocenters. The fourth-order valence-electron chi connectivity index (χ4n) is 1.86. The summed E-state index contributed by atoms with van der Waals surface area (Å²) in [6, 6.07) is 18.2. The van der Waals surface area contributed by atoms with Crippen LogP contribution in [0.15, 0.2) is 48.5 Å². The summed E-state index contributed by atoms with van der Waals surface area (Å²) in [5.74, 6) is -0.559. The van der Waals surface area contributed by atoms with Gasteiger partial charge < -0.3 is 0 Å². The highest BCUT2D eigenvalue weighted by molar-refractivity contribution is 5.90. The third-order valence-electron chi connectivity index (χ3n) is 2.80. The van der Waals surface area contributed by atoms with Crippen molar-refractivity contribution in [2.45, 2.75) is 6.42 Å². The first-order valence-corrected chi connectivity index (χ1v) is 5.78. The molecule has 0 spiro atoms. The normalized spacial score (nSPS) is 10.6. The van der Waals surface area contributed by atoms with E-state index >= 15 is 0 Å². The summed E-state index contributed by atoms with van der Waals surface area (Å²) in [6.45, 7) is 0. The second-order valence-corrected chi connectivity index (χ2v) is 4.02. The van der Waals surface area contributed by atoms with Gasteiger partial charge in [0.15, 0.2) is 0 Å². The van der Waals surface area contributed by atoms with Gasteiger partial charge in [-0.15, -0.1) is 0 Å². The molecule has 2 aromatic carbocycles. The molecule has 0 aliphatic rings. The summed E-state index contributed by atoms with van der Waals surface area (Å²) in [5, 5.41) is 19.8. The number of nitrogens with zero attached hydrogens (tertiary/aromatic N) is 2. The largest absolute Gasteiger partial charge is 0.197 e. The highest BCUT2D eigenvalue weighted by Gasteiger charge is 2.01. The van der Waals surface area contributed by atoms with Crippen LogP contribution < -0.4 is 0 Å². The number of allylic oxidation sites excluding steroid dienone is 1. The van der Waals surface area contributed by atoms with Gasteiger partial charge in [0.1, 0.15) is 5.92 Å². The van der Waals surface area contributed by atoms with Crippen LogP contribution in [-0.2, 0) is 0 Å². The molecule has 0 aromatic heterocycles. The molecule has 0 fully saturated rings. The number of fused-ring (bicyclic) bond motifs is 1. The number of hydrogen-bond donors (Lipinski definition) is 0. The zero-order chi connectivity index (χ0) is 12.8. The minimum absolute atomic E-state index is 0.468. The van der Waals surface area contributed by atoms with Gasteiger partial charge in [0.2, 0.25) is 0 Å². The van der Waals surface area contributed by atoms with Crippen molar-refractivity contribution in [3.63, 3.8) is 0 Å². The van der Waals surface area contributed by atoms with Crippen LogP contribution in [0.3, 0.4) is 0 Å². The summed E-state index contributed by atoms with van der Waals surface area (Å²) in [5.41, 5.74) is 1.11. The van der Waals surface area contributed by atoms with E-state index in [-0.39, 0.29) is 0 Å². The van der Waals surface area contributed by atoms with Crippen molar-refractivity contribution < 1.29 is 0 Å². The van der Waals surface area contributed by atoms with Crippen LogP contribution in [0, 0.1) is 28.6 Å². The van der Waals surface area contributed by atoms with Crippen LogP contribution in [0.4, 0.5) is 0 Å². The van der Waals surface area contributed by atoms with Crippen LogP contribution in [0.25, 0.3) is 16.8 Å². The van der Waals surface area contributed by atoms with Gasteiger partial charge in [-0.25, -0.2) is 0 Å². The lowest BCUT2D eigenvalue weighted by Gasteiger charge is -2.01. The summed E-state index contributed by atoms with van der Waals surface area (Å²) in [4.78, 5) is 0. The van der Waals surface area contributed by atoms with Gasteiger partial charge in [-0.1, -0.05) is 54.6 Å². The molecule has 0 bridgehead atoms. The Bertz CT molecular complexity index is 637. The standard InChI is InChI=1S/C16H12N2/c17-11-13(12-18)5-3-7-15-9-4-8-14-6-1-2-10-16(14)15/h1-4,6-10,13H,5H2/b7-3+. The highest BCUT2D eigenvalue weighted by atomic mass is 14.3. The first-order chi connectivity index (χ1) is 8.85. The van der Waals surface area contributed by atoms with Crippen molar-refractivity contribution in [3.05, 3.63) is 54.1 Å². The Kier molecular flexibility index (Phi) is 3.74. The molecular formula is C16H12N2. The predicted molar refractivity (Wildman–Crippen MR) is 72.3 cm³/mol. The van der Waals surface area contributed by atoms with Crippen LogP contribution in [0.5, 0.6) is 0 Å². The molecule has 0 saturated carbocycles. The molecule has 86 valence electrons. The van der Waals surface area contributed by atoms with E-state index in [1.807, 2.05) is 48.6 Å². The summed E-state index contributed by atoms with van der Waals surface area (Å²) in [6.07, 6.45) is 4.33. The average molecular weight is 232 g/mol. The number of rotatable bonds is 3. The predicted octanol–water partition coefficient (Wildman–Crippen LogP) is 3.91. The van der Waals surface area contributed by atoms with E-state index in [0.717, 1.165) is 5.56 Å². The molecule has 2 rings (SSSR count). The topological polar surface area (TPSA) is 47.6 Å². The fraction of sp³-hybridized carbons (Fsp3) is 0.125. The zero-order valence-corrected chi connectivity index (χ0v) is 9.88. The van der Waals surface area contributed by atoms with E-state index in [1.54, 1.807) is 0 Å². The number of benzene rings is 2. The van der Waals surface area contributed by atoms with Crippen molar-refractivity contribution >= 4 is 16.8 Å². The first-order valence-electron chi connectivity index (χ1n) is 5.78. The lowest BCUT2D eigenvalue weighted by atomic mass is 10.0. The van der Waals surface area contributed by atoms with Crippen LogP contribution in [0.2, 0.25) is 0 Å². The van der Waals surface area contributed by atoms with Gasteiger partial charge in [-0.05, 0) is 22.8 Å². The minimum Gasteiger partial charge on any atom is -0.197 e. The summed E-state index contributed by atoms with van der Waals surface area (Å²) < 4.78 is 0. The summed E-state index contributed by atoms with van der Waals surface area (Å²) in [7, 11) is 0. The Hall–Kier alpha value is -2.58. The number of hydrogen-bond acceptors (Lipinski definition) is 2. The van der Waals surface area contributed by atoms with Crippen LogP contribution in [-0.4, -0.2) is 0 Å². The van der Waals surface area contributed by atoms with Crippen molar-refractivity contribution in [3.8, 4) is 12.1 Å². The van der Waals surface area contributed by atoms with Crippen molar-refractivity contribution in [2.24, 2.45) is 5.92 Å². The van der Waals surface area contributed by atoms with Crippen molar-refractivity contribution in [1.82, 2.24) is 0 Å². The van der Waals surface area contributed by atoms with Gasteiger partial charge in [0.05, 0.1) is 12.1 Å².